The highest BCUT2D eigenvalue weighted by Crippen LogP contribution is 2.29. The van der Waals surface area contributed by atoms with Crippen LogP contribution in [-0.4, -0.2) is 34.9 Å². The maximum absolute atomic E-state index is 14.0. The number of ether oxygens (including phenoxy) is 2. The number of alkyl carbamates (subject to hydrolysis) is 1. The van der Waals surface area contributed by atoms with Crippen LogP contribution in [0.25, 0.3) is 0 Å². The molecule has 3 rings (SSSR count). The summed E-state index contributed by atoms with van der Waals surface area (Å²) in [7, 11) is 0. The van der Waals surface area contributed by atoms with Crippen molar-refractivity contribution in [3.8, 4) is 5.75 Å². The van der Waals surface area contributed by atoms with Crippen molar-refractivity contribution in [2.75, 3.05) is 0 Å². The number of phenols is 1. The summed E-state index contributed by atoms with van der Waals surface area (Å²) in [5.41, 5.74) is 0.639. The van der Waals surface area contributed by atoms with E-state index >= 15 is 0 Å². The van der Waals surface area contributed by atoms with E-state index in [4.69, 9.17) is 9.47 Å². The van der Waals surface area contributed by atoms with Crippen LogP contribution in [0.15, 0.2) is 48.5 Å². The summed E-state index contributed by atoms with van der Waals surface area (Å²) < 4.78 is 25.0. The molecule has 2 aromatic carbocycles. The van der Waals surface area contributed by atoms with Gasteiger partial charge in [0, 0.05) is 6.42 Å². The normalized spacial score (nSPS) is 19.5. The Morgan fingerprint density at radius 2 is 1.90 bits per heavy atom. The van der Waals surface area contributed by atoms with Crippen LogP contribution in [0.2, 0.25) is 0 Å². The minimum atomic E-state index is -0.674. The molecule has 0 radical (unpaired) electrons. The van der Waals surface area contributed by atoms with Crippen LogP contribution in [0.1, 0.15) is 38.3 Å². The van der Waals surface area contributed by atoms with E-state index in [2.05, 4.69) is 5.32 Å². The van der Waals surface area contributed by atoms with E-state index < -0.39 is 35.7 Å². The smallest absolute Gasteiger partial charge is 0.408 e. The average Bonchev–Trinajstić information content (AvgIpc) is 3.04. The Kier molecular flexibility index (Phi) is 6.83. The van der Waals surface area contributed by atoms with Gasteiger partial charge in [-0.2, -0.15) is 0 Å². The van der Waals surface area contributed by atoms with Crippen molar-refractivity contribution in [2.45, 2.75) is 57.8 Å². The third-order valence-corrected chi connectivity index (χ3v) is 5.08. The van der Waals surface area contributed by atoms with Gasteiger partial charge in [-0.25, -0.2) is 9.18 Å². The first-order chi connectivity index (χ1) is 14.6. The highest BCUT2D eigenvalue weighted by atomic mass is 19.1. The molecule has 7 heteroatoms. The molecule has 1 aliphatic heterocycles. The van der Waals surface area contributed by atoms with Gasteiger partial charge in [0.05, 0.1) is 12.0 Å². The van der Waals surface area contributed by atoms with E-state index in [9.17, 15) is 19.1 Å². The zero-order chi connectivity index (χ0) is 22.6. The Labute approximate surface area is 181 Å². The molecule has 6 nitrogen and oxygen atoms in total. The van der Waals surface area contributed by atoms with Crippen molar-refractivity contribution in [1.29, 1.82) is 0 Å². The van der Waals surface area contributed by atoms with Crippen molar-refractivity contribution in [3.05, 3.63) is 65.5 Å². The Morgan fingerprint density at radius 1 is 1.23 bits per heavy atom. The molecule has 0 spiro atoms. The summed E-state index contributed by atoms with van der Waals surface area (Å²) in [5, 5.41) is 12.3. The second kappa shape index (κ2) is 9.37. The molecule has 0 saturated carbocycles. The minimum absolute atomic E-state index is 0.137. The van der Waals surface area contributed by atoms with Gasteiger partial charge in [-0.1, -0.05) is 30.3 Å². The fourth-order valence-corrected chi connectivity index (χ4v) is 3.63. The second-order valence-corrected chi connectivity index (χ2v) is 8.83. The number of halogens is 1. The number of esters is 1. The van der Waals surface area contributed by atoms with Gasteiger partial charge in [0.2, 0.25) is 0 Å². The van der Waals surface area contributed by atoms with E-state index in [0.717, 1.165) is 5.56 Å². The first-order valence-electron chi connectivity index (χ1n) is 10.3. The van der Waals surface area contributed by atoms with Gasteiger partial charge in [-0.3, -0.25) is 4.79 Å². The van der Waals surface area contributed by atoms with Crippen molar-refractivity contribution < 1.29 is 28.6 Å². The van der Waals surface area contributed by atoms with Crippen molar-refractivity contribution in [2.24, 2.45) is 5.92 Å². The fourth-order valence-electron chi connectivity index (χ4n) is 3.63. The number of nitrogens with one attached hydrogen (secondary N) is 1. The van der Waals surface area contributed by atoms with Gasteiger partial charge in [0.1, 0.15) is 23.3 Å². The maximum Gasteiger partial charge on any atom is 0.408 e. The lowest BCUT2D eigenvalue weighted by Gasteiger charge is -2.26. The Bertz CT molecular complexity index is 922. The number of rotatable bonds is 6. The van der Waals surface area contributed by atoms with Crippen LogP contribution in [0.3, 0.4) is 0 Å². The third kappa shape index (κ3) is 6.44. The van der Waals surface area contributed by atoms with Crippen LogP contribution in [0.4, 0.5) is 9.18 Å². The molecule has 31 heavy (non-hydrogen) atoms. The van der Waals surface area contributed by atoms with Crippen molar-refractivity contribution in [3.63, 3.8) is 0 Å². The zero-order valence-electron chi connectivity index (χ0n) is 17.9. The van der Waals surface area contributed by atoms with Gasteiger partial charge >= 0.3 is 12.1 Å². The maximum atomic E-state index is 14.0. The minimum Gasteiger partial charge on any atom is -0.508 e. The molecule has 3 atom stereocenters. The number of cyclic esters (lactones) is 1. The number of phenolic OH excluding ortho intramolecular Hbond substituents is 1. The molecule has 1 saturated heterocycles. The summed E-state index contributed by atoms with van der Waals surface area (Å²) in [5.74, 6) is -1.12. The van der Waals surface area contributed by atoms with Crippen LogP contribution in [-0.2, 0) is 27.1 Å². The Balaban J connectivity index is 1.74. The summed E-state index contributed by atoms with van der Waals surface area (Å²) >= 11 is 0. The molecule has 0 bridgehead atoms. The first kappa shape index (κ1) is 22.6. The molecule has 2 aromatic rings. The quantitative estimate of drug-likeness (QED) is 0.674. The van der Waals surface area contributed by atoms with E-state index in [-0.39, 0.29) is 18.0 Å². The Morgan fingerprint density at radius 3 is 2.55 bits per heavy atom. The summed E-state index contributed by atoms with van der Waals surface area (Å²) in [6, 6.07) is 12.4. The first-order valence-corrected chi connectivity index (χ1v) is 10.3. The summed E-state index contributed by atoms with van der Waals surface area (Å²) in [6.07, 6.45) is -0.217. The SMILES string of the molecule is CC(C)(C)OC(=O)NC(Cc1ccc(O)cc1)C1CC(Cc2ccccc2F)C(=O)O1. The van der Waals surface area contributed by atoms with Gasteiger partial charge in [0.25, 0.3) is 0 Å². The van der Waals surface area contributed by atoms with Crippen molar-refractivity contribution >= 4 is 12.1 Å². The lowest BCUT2D eigenvalue weighted by atomic mass is 9.92. The van der Waals surface area contributed by atoms with Gasteiger partial charge in [-0.15, -0.1) is 0 Å². The number of aromatic hydroxyl groups is 1. The molecule has 3 unspecified atom stereocenters. The molecule has 1 aliphatic rings. The van der Waals surface area contributed by atoms with Gasteiger partial charge < -0.3 is 19.9 Å². The van der Waals surface area contributed by atoms with Crippen LogP contribution in [0.5, 0.6) is 5.75 Å². The number of benzene rings is 2. The largest absolute Gasteiger partial charge is 0.508 e. The lowest BCUT2D eigenvalue weighted by Crippen LogP contribution is -2.46. The van der Waals surface area contributed by atoms with Gasteiger partial charge in [-0.05, 0) is 62.9 Å². The zero-order valence-corrected chi connectivity index (χ0v) is 17.9. The predicted molar refractivity (Wildman–Crippen MR) is 113 cm³/mol. The number of amides is 1. The molecule has 2 N–H and O–H groups in total. The molecular weight excluding hydrogens is 401 g/mol. The standard InChI is InChI=1S/C24H28FNO5/c1-24(2,3)31-23(29)26-20(12-15-8-10-18(27)11-9-15)21-14-17(22(28)30-21)13-16-6-4-5-7-19(16)25/h4-11,17,20-21,27H,12-14H2,1-3H3,(H,26,29). The van der Waals surface area contributed by atoms with Crippen LogP contribution < -0.4 is 5.32 Å². The van der Waals surface area contributed by atoms with E-state index in [1.807, 2.05) is 0 Å². The molecule has 0 aliphatic carbocycles. The van der Waals surface area contributed by atoms with Crippen LogP contribution in [0, 0.1) is 11.7 Å². The molecule has 1 heterocycles. The fraction of sp³-hybridized carbons (Fsp3) is 0.417. The number of carbonyl (C=O) groups excluding carboxylic acids is 2. The van der Waals surface area contributed by atoms with E-state index in [0.29, 0.717) is 18.4 Å². The lowest BCUT2D eigenvalue weighted by molar-refractivity contribution is -0.145. The monoisotopic (exact) mass is 429 g/mol. The van der Waals surface area contributed by atoms with E-state index in [1.54, 1.807) is 63.2 Å². The predicted octanol–water partition coefficient (Wildman–Crippen LogP) is 4.14. The topological polar surface area (TPSA) is 84.9 Å². The number of hydrogen-bond donors (Lipinski definition) is 2. The van der Waals surface area contributed by atoms with Gasteiger partial charge in [0.15, 0.2) is 0 Å². The number of carbonyl (C=O) groups is 2. The molecule has 1 amide bonds. The van der Waals surface area contributed by atoms with E-state index in [1.165, 1.54) is 6.07 Å². The summed E-state index contributed by atoms with van der Waals surface area (Å²) in [4.78, 5) is 24.9. The van der Waals surface area contributed by atoms with Crippen molar-refractivity contribution in [1.82, 2.24) is 5.32 Å². The molecule has 0 aromatic heterocycles. The Hall–Kier alpha value is -3.09. The van der Waals surface area contributed by atoms with Crippen LogP contribution >= 0.6 is 0 Å². The third-order valence-electron chi connectivity index (χ3n) is 5.08. The molecule has 1 fully saturated rings. The summed E-state index contributed by atoms with van der Waals surface area (Å²) in [6.45, 7) is 5.30. The highest BCUT2D eigenvalue weighted by molar-refractivity contribution is 5.75. The average molecular weight is 429 g/mol. The highest BCUT2D eigenvalue weighted by Gasteiger charge is 2.40. The molecule has 166 valence electrons. The second-order valence-electron chi connectivity index (χ2n) is 8.83. The molecular formula is C24H28FNO5. The number of hydrogen-bond acceptors (Lipinski definition) is 5.